The molecule has 0 saturated heterocycles. The number of thiazole rings is 1. The number of rotatable bonds is 3. The van der Waals surface area contributed by atoms with Crippen LogP contribution in [0, 0.1) is 0 Å². The molecule has 0 radical (unpaired) electrons. The van der Waals surface area contributed by atoms with Crippen molar-refractivity contribution in [1.29, 1.82) is 0 Å². The van der Waals surface area contributed by atoms with Gasteiger partial charge in [0.15, 0.2) is 5.13 Å². The average molecular weight is 467 g/mol. The van der Waals surface area contributed by atoms with Crippen molar-refractivity contribution in [1.82, 2.24) is 4.98 Å². The number of hydrogen-bond acceptors (Lipinski definition) is 5. The summed E-state index contributed by atoms with van der Waals surface area (Å²) in [7, 11) is 0. The number of carbonyl (C=O) groups excluding carboxylic acids is 1. The lowest BCUT2D eigenvalue weighted by Gasteiger charge is -2.06. The zero-order chi connectivity index (χ0) is 21.5. The van der Waals surface area contributed by atoms with Crippen LogP contribution < -0.4 is 10.9 Å². The minimum absolute atomic E-state index is 0.348. The highest BCUT2D eigenvalue weighted by Gasteiger charge is 2.15. The van der Waals surface area contributed by atoms with Crippen LogP contribution in [-0.4, -0.2) is 10.9 Å². The first-order valence-electron chi connectivity index (χ1n) is 9.19. The van der Waals surface area contributed by atoms with E-state index in [1.54, 1.807) is 54.6 Å². The zero-order valence-electron chi connectivity index (χ0n) is 15.7. The fraction of sp³-hybridized carbons (Fsp3) is 0. The number of halogens is 2. The van der Waals surface area contributed by atoms with Gasteiger partial charge < -0.3 is 4.42 Å². The van der Waals surface area contributed by atoms with Crippen molar-refractivity contribution in [2.75, 3.05) is 5.32 Å². The van der Waals surface area contributed by atoms with E-state index in [4.69, 9.17) is 27.6 Å². The molecule has 8 heteroatoms. The monoisotopic (exact) mass is 466 g/mol. The minimum Gasteiger partial charge on any atom is -0.422 e. The van der Waals surface area contributed by atoms with Crippen molar-refractivity contribution in [3.63, 3.8) is 0 Å². The van der Waals surface area contributed by atoms with E-state index in [2.05, 4.69) is 10.3 Å². The molecule has 0 atom stereocenters. The smallest absolute Gasteiger partial charge is 0.344 e. The predicted molar refractivity (Wildman–Crippen MR) is 126 cm³/mol. The normalized spacial score (nSPS) is 11.2. The fourth-order valence-electron chi connectivity index (χ4n) is 3.25. The fourth-order valence-corrected chi connectivity index (χ4v) is 4.54. The van der Waals surface area contributed by atoms with E-state index in [1.165, 1.54) is 11.3 Å². The number of amides is 1. The van der Waals surface area contributed by atoms with Crippen molar-refractivity contribution in [2.24, 2.45) is 0 Å². The second-order valence-electron chi connectivity index (χ2n) is 6.75. The largest absolute Gasteiger partial charge is 0.422 e. The third-order valence-corrected chi connectivity index (χ3v) is 6.48. The molecule has 2 aromatic heterocycles. The van der Waals surface area contributed by atoms with Gasteiger partial charge in [-0.25, -0.2) is 9.78 Å². The van der Waals surface area contributed by atoms with Crippen molar-refractivity contribution in [3.8, 4) is 11.1 Å². The Kier molecular flexibility index (Phi) is 4.98. The number of nitrogens with one attached hydrogen (secondary N) is 1. The van der Waals surface area contributed by atoms with Gasteiger partial charge in [0.05, 0.1) is 20.3 Å². The summed E-state index contributed by atoms with van der Waals surface area (Å²) in [6.07, 6.45) is 0. The van der Waals surface area contributed by atoms with Gasteiger partial charge in [0.1, 0.15) is 11.1 Å². The number of hydrogen-bond donors (Lipinski definition) is 1. The molecule has 5 nitrogen and oxygen atoms in total. The number of carbonyl (C=O) groups is 1. The quantitative estimate of drug-likeness (QED) is 0.303. The van der Waals surface area contributed by atoms with Crippen molar-refractivity contribution in [3.05, 3.63) is 92.8 Å². The van der Waals surface area contributed by atoms with E-state index in [0.717, 1.165) is 10.1 Å². The first-order valence-corrected chi connectivity index (χ1v) is 10.8. The molecule has 0 spiro atoms. The summed E-state index contributed by atoms with van der Waals surface area (Å²) in [6.45, 7) is 0. The van der Waals surface area contributed by atoms with Crippen LogP contribution in [0.25, 0.3) is 32.3 Å². The molecule has 31 heavy (non-hydrogen) atoms. The molecule has 152 valence electrons. The van der Waals surface area contributed by atoms with Gasteiger partial charge in [0.25, 0.3) is 5.91 Å². The maximum Gasteiger partial charge on any atom is 0.344 e. The van der Waals surface area contributed by atoms with E-state index >= 15 is 0 Å². The van der Waals surface area contributed by atoms with Crippen LogP contribution in [0.4, 0.5) is 5.13 Å². The van der Waals surface area contributed by atoms with E-state index in [-0.39, 0.29) is 5.91 Å². The van der Waals surface area contributed by atoms with Crippen LogP contribution in [0.15, 0.2) is 75.9 Å². The van der Waals surface area contributed by atoms with Gasteiger partial charge in [-0.15, -0.1) is 0 Å². The Balaban J connectivity index is 1.48. The Hall–Kier alpha value is -3.19. The molecule has 0 saturated carbocycles. The van der Waals surface area contributed by atoms with Gasteiger partial charge in [-0.05, 0) is 42.0 Å². The molecule has 1 N–H and O–H groups in total. The lowest BCUT2D eigenvalue weighted by molar-refractivity contribution is 0.102. The maximum absolute atomic E-state index is 12.8. The number of nitrogens with zero attached hydrogens (tertiary/aromatic N) is 1. The molecule has 1 amide bonds. The summed E-state index contributed by atoms with van der Waals surface area (Å²) >= 11 is 13.5. The standard InChI is InChI=1S/C23H12Cl2N2O3S/c24-16-8-9-18-20(19(16)25)26-23(31-18)27-21(28)14-6-3-5-12(10-14)15-11-13-4-1-2-7-17(13)30-22(15)29/h1-11H,(H,26,27,28). The van der Waals surface area contributed by atoms with Gasteiger partial charge in [0.2, 0.25) is 0 Å². The van der Waals surface area contributed by atoms with Crippen LogP contribution >= 0.6 is 34.5 Å². The molecule has 0 fully saturated rings. The summed E-state index contributed by atoms with van der Waals surface area (Å²) < 4.78 is 6.22. The second-order valence-corrected chi connectivity index (χ2v) is 8.56. The van der Waals surface area contributed by atoms with E-state index in [1.807, 2.05) is 12.1 Å². The maximum atomic E-state index is 12.8. The Morgan fingerprint density at radius 2 is 1.84 bits per heavy atom. The SMILES string of the molecule is O=C(Nc1nc2c(Cl)c(Cl)ccc2s1)c1cccc(-c2cc3ccccc3oc2=O)c1. The summed E-state index contributed by atoms with van der Waals surface area (Å²) in [4.78, 5) is 29.7. The van der Waals surface area contributed by atoms with Crippen LogP contribution in [0.1, 0.15) is 10.4 Å². The molecule has 0 unspecified atom stereocenters. The second kappa shape index (κ2) is 7.81. The first-order chi connectivity index (χ1) is 15.0. The molecule has 0 aliphatic heterocycles. The van der Waals surface area contributed by atoms with Gasteiger partial charge >= 0.3 is 5.63 Å². The first kappa shape index (κ1) is 19.8. The summed E-state index contributed by atoms with van der Waals surface area (Å²) in [5.41, 5.74) is 1.94. The van der Waals surface area contributed by atoms with Crippen molar-refractivity contribution >= 4 is 66.8 Å². The van der Waals surface area contributed by atoms with Gasteiger partial charge in [-0.2, -0.15) is 0 Å². The molecule has 0 aliphatic rings. The summed E-state index contributed by atoms with van der Waals surface area (Å²) in [6, 6.07) is 19.3. The summed E-state index contributed by atoms with van der Waals surface area (Å²) in [5, 5.41) is 4.74. The van der Waals surface area contributed by atoms with Crippen molar-refractivity contribution in [2.45, 2.75) is 0 Å². The number of fused-ring (bicyclic) bond motifs is 2. The predicted octanol–water partition coefficient (Wildman–Crippen LogP) is 6.63. The molecular formula is C23H12Cl2N2O3S. The average Bonchev–Trinajstić information content (AvgIpc) is 3.19. The van der Waals surface area contributed by atoms with Crippen LogP contribution in [0.2, 0.25) is 10.0 Å². The molecule has 5 rings (SSSR count). The van der Waals surface area contributed by atoms with Crippen LogP contribution in [0.3, 0.4) is 0 Å². The van der Waals surface area contributed by atoms with Gasteiger partial charge in [-0.3, -0.25) is 10.1 Å². The molecule has 3 aromatic carbocycles. The lowest BCUT2D eigenvalue weighted by Crippen LogP contribution is -2.12. The highest BCUT2D eigenvalue weighted by atomic mass is 35.5. The zero-order valence-corrected chi connectivity index (χ0v) is 18.0. The minimum atomic E-state index is -0.464. The number of benzene rings is 3. The molecule has 0 bridgehead atoms. The highest BCUT2D eigenvalue weighted by Crippen LogP contribution is 2.35. The lowest BCUT2D eigenvalue weighted by atomic mass is 10.0. The highest BCUT2D eigenvalue weighted by molar-refractivity contribution is 7.22. The third kappa shape index (κ3) is 3.70. The van der Waals surface area contributed by atoms with Crippen LogP contribution in [-0.2, 0) is 0 Å². The Bertz CT molecular complexity index is 1540. The van der Waals surface area contributed by atoms with E-state index in [0.29, 0.717) is 43.0 Å². The van der Waals surface area contributed by atoms with Gasteiger partial charge in [-0.1, -0.05) is 64.9 Å². The molecular weight excluding hydrogens is 455 g/mol. The molecule has 5 aromatic rings. The van der Waals surface area contributed by atoms with E-state index < -0.39 is 5.63 Å². The Morgan fingerprint density at radius 1 is 1.00 bits per heavy atom. The van der Waals surface area contributed by atoms with Gasteiger partial charge in [0, 0.05) is 10.9 Å². The molecule has 2 heterocycles. The molecule has 0 aliphatic carbocycles. The van der Waals surface area contributed by atoms with Crippen LogP contribution in [0.5, 0.6) is 0 Å². The van der Waals surface area contributed by atoms with Crippen molar-refractivity contribution < 1.29 is 9.21 Å². The number of anilines is 1. The number of aromatic nitrogens is 1. The summed E-state index contributed by atoms with van der Waals surface area (Å²) in [5.74, 6) is -0.353. The number of para-hydroxylation sites is 1. The third-order valence-electron chi connectivity index (χ3n) is 4.75. The Morgan fingerprint density at radius 3 is 2.71 bits per heavy atom. The topological polar surface area (TPSA) is 72.2 Å². The van der Waals surface area contributed by atoms with E-state index in [9.17, 15) is 9.59 Å². The Labute approximate surface area is 189 Å².